The fourth-order valence-corrected chi connectivity index (χ4v) is 2.81. The second-order valence-electron chi connectivity index (χ2n) is 5.64. The molecule has 2 unspecified atom stereocenters. The molecular weight excluding hydrogens is 311 g/mol. The van der Waals surface area contributed by atoms with Crippen molar-refractivity contribution < 1.29 is 27.5 Å². The monoisotopic (exact) mass is 329 g/mol. The summed E-state index contributed by atoms with van der Waals surface area (Å²) in [7, 11) is 0. The third kappa shape index (κ3) is 3.65. The van der Waals surface area contributed by atoms with Crippen LogP contribution in [0.4, 0.5) is 13.2 Å². The number of benzene rings is 1. The second kappa shape index (κ2) is 6.22. The Labute approximate surface area is 132 Å². The molecule has 0 aliphatic carbocycles. The number of hydrogen-bond acceptors (Lipinski definition) is 3. The Hall–Kier alpha value is -2.05. The first kappa shape index (κ1) is 17.3. The van der Waals surface area contributed by atoms with Gasteiger partial charge >= 0.3 is 6.18 Å². The molecule has 126 valence electrons. The molecule has 2 rings (SSSR count). The molecule has 23 heavy (non-hydrogen) atoms. The normalized spacial score (nSPS) is 21.5. The Morgan fingerprint density at radius 1 is 1.26 bits per heavy atom. The van der Waals surface area contributed by atoms with E-state index < -0.39 is 24.7 Å². The number of ether oxygens (including phenoxy) is 1. The molecule has 2 atom stereocenters. The highest BCUT2D eigenvalue weighted by Gasteiger charge is 2.41. The van der Waals surface area contributed by atoms with E-state index in [9.17, 15) is 22.8 Å². The summed E-state index contributed by atoms with van der Waals surface area (Å²) in [5.74, 6) is -1.42. The lowest BCUT2D eigenvalue weighted by atomic mass is 9.86. The fourth-order valence-electron chi connectivity index (χ4n) is 2.81. The van der Waals surface area contributed by atoms with Crippen LogP contribution in [0.25, 0.3) is 0 Å². The van der Waals surface area contributed by atoms with E-state index in [4.69, 9.17) is 4.74 Å². The third-order valence-electron chi connectivity index (χ3n) is 3.85. The Balaban J connectivity index is 2.38. The van der Waals surface area contributed by atoms with Gasteiger partial charge in [0.05, 0.1) is 6.04 Å². The lowest BCUT2D eigenvalue weighted by Crippen LogP contribution is -2.25. The largest absolute Gasteiger partial charge is 0.484 e. The zero-order valence-corrected chi connectivity index (χ0v) is 13.1. The van der Waals surface area contributed by atoms with Crippen LogP contribution in [0.15, 0.2) is 12.1 Å². The minimum Gasteiger partial charge on any atom is -0.484 e. The SMILES string of the molecule is CCc1cc(OCC(F)(F)F)cc(C)c1C1C(=O)NC(C)C1=O. The van der Waals surface area contributed by atoms with Gasteiger partial charge in [-0.05, 0) is 49.1 Å². The molecule has 1 fully saturated rings. The number of hydrogen-bond donors (Lipinski definition) is 1. The number of nitrogens with one attached hydrogen (secondary N) is 1. The standard InChI is InChI=1S/C16H18F3NO3/c1-4-10-6-11(23-7-16(17,18)19)5-8(2)12(10)13-14(21)9(3)20-15(13)22/h5-6,9,13H,4,7H2,1-3H3,(H,20,22). The van der Waals surface area contributed by atoms with Gasteiger partial charge in [0.25, 0.3) is 0 Å². The minimum atomic E-state index is -4.42. The maximum atomic E-state index is 12.3. The Morgan fingerprint density at radius 3 is 2.39 bits per heavy atom. The van der Waals surface area contributed by atoms with Crippen molar-refractivity contribution in [2.45, 2.75) is 45.3 Å². The Kier molecular flexibility index (Phi) is 4.68. The van der Waals surface area contributed by atoms with Gasteiger partial charge in [-0.3, -0.25) is 9.59 Å². The van der Waals surface area contributed by atoms with Gasteiger partial charge in [0.1, 0.15) is 11.7 Å². The summed E-state index contributed by atoms with van der Waals surface area (Å²) in [5, 5.41) is 2.58. The van der Waals surface area contributed by atoms with Crippen LogP contribution in [-0.4, -0.2) is 30.5 Å². The van der Waals surface area contributed by atoms with Crippen LogP contribution in [-0.2, 0) is 16.0 Å². The van der Waals surface area contributed by atoms with Gasteiger partial charge in [-0.2, -0.15) is 13.2 Å². The predicted molar refractivity (Wildman–Crippen MR) is 77.5 cm³/mol. The van der Waals surface area contributed by atoms with Gasteiger partial charge < -0.3 is 10.1 Å². The molecule has 0 bridgehead atoms. The average molecular weight is 329 g/mol. The molecule has 7 heteroatoms. The van der Waals surface area contributed by atoms with Crippen LogP contribution >= 0.6 is 0 Å². The molecule has 0 radical (unpaired) electrons. The van der Waals surface area contributed by atoms with Crippen molar-refractivity contribution in [3.8, 4) is 5.75 Å². The fraction of sp³-hybridized carbons (Fsp3) is 0.500. The first-order chi connectivity index (χ1) is 10.6. The number of ketones is 1. The van der Waals surface area contributed by atoms with E-state index >= 15 is 0 Å². The van der Waals surface area contributed by atoms with E-state index in [1.165, 1.54) is 12.1 Å². The van der Waals surface area contributed by atoms with Crippen LogP contribution in [0.1, 0.15) is 36.5 Å². The molecular formula is C16H18F3NO3. The van der Waals surface area contributed by atoms with Crippen molar-refractivity contribution in [1.82, 2.24) is 5.32 Å². The van der Waals surface area contributed by atoms with Crippen molar-refractivity contribution in [2.24, 2.45) is 0 Å². The van der Waals surface area contributed by atoms with E-state index in [-0.39, 0.29) is 17.4 Å². The predicted octanol–water partition coefficient (Wildman–Crippen LogP) is 2.67. The number of carbonyl (C=O) groups excluding carboxylic acids is 2. The van der Waals surface area contributed by atoms with Crippen LogP contribution in [0, 0.1) is 6.92 Å². The molecule has 1 aliphatic rings. The highest BCUT2D eigenvalue weighted by atomic mass is 19.4. The third-order valence-corrected chi connectivity index (χ3v) is 3.85. The molecule has 1 aromatic carbocycles. The van der Waals surface area contributed by atoms with Crippen LogP contribution in [0.5, 0.6) is 5.75 Å². The van der Waals surface area contributed by atoms with Gasteiger partial charge in [-0.15, -0.1) is 0 Å². The van der Waals surface area contributed by atoms with E-state index in [0.29, 0.717) is 23.1 Å². The van der Waals surface area contributed by atoms with Crippen molar-refractivity contribution >= 4 is 11.7 Å². The Bertz CT molecular complexity index is 640. The lowest BCUT2D eigenvalue weighted by molar-refractivity contribution is -0.153. The van der Waals surface area contributed by atoms with E-state index in [0.717, 1.165) is 0 Å². The zero-order valence-electron chi connectivity index (χ0n) is 13.1. The second-order valence-corrected chi connectivity index (χ2v) is 5.64. The van der Waals surface area contributed by atoms with Crippen LogP contribution in [0.3, 0.4) is 0 Å². The summed E-state index contributed by atoms with van der Waals surface area (Å²) >= 11 is 0. The molecule has 1 aromatic rings. The summed E-state index contributed by atoms with van der Waals surface area (Å²) < 4.78 is 41.6. The van der Waals surface area contributed by atoms with Gasteiger partial charge in [0.2, 0.25) is 5.91 Å². The van der Waals surface area contributed by atoms with Gasteiger partial charge in [0.15, 0.2) is 12.4 Å². The molecule has 1 aliphatic heterocycles. The molecule has 0 saturated carbocycles. The summed E-state index contributed by atoms with van der Waals surface area (Å²) in [6.45, 7) is 3.71. The molecule has 1 amide bonds. The van der Waals surface area contributed by atoms with Gasteiger partial charge in [-0.25, -0.2) is 0 Å². The van der Waals surface area contributed by atoms with Crippen LogP contribution < -0.4 is 10.1 Å². The highest BCUT2D eigenvalue weighted by molar-refractivity contribution is 6.15. The van der Waals surface area contributed by atoms with E-state index in [1.807, 2.05) is 6.92 Å². The molecule has 4 nitrogen and oxygen atoms in total. The number of carbonyl (C=O) groups is 2. The maximum Gasteiger partial charge on any atom is 0.422 e. The molecule has 1 N–H and O–H groups in total. The first-order valence-electron chi connectivity index (χ1n) is 7.31. The van der Waals surface area contributed by atoms with Crippen molar-refractivity contribution in [3.63, 3.8) is 0 Å². The van der Waals surface area contributed by atoms with Crippen LogP contribution in [0.2, 0.25) is 0 Å². The van der Waals surface area contributed by atoms with Crippen molar-refractivity contribution in [3.05, 3.63) is 28.8 Å². The summed E-state index contributed by atoms with van der Waals surface area (Å²) in [5.41, 5.74) is 1.78. The molecule has 0 spiro atoms. The number of rotatable bonds is 4. The van der Waals surface area contributed by atoms with Gasteiger partial charge in [-0.1, -0.05) is 6.92 Å². The minimum absolute atomic E-state index is 0.0827. The van der Waals surface area contributed by atoms with Gasteiger partial charge in [0, 0.05) is 0 Å². The first-order valence-corrected chi connectivity index (χ1v) is 7.31. The lowest BCUT2D eigenvalue weighted by Gasteiger charge is -2.18. The molecule has 1 heterocycles. The van der Waals surface area contributed by atoms with E-state index in [1.54, 1.807) is 13.8 Å². The van der Waals surface area contributed by atoms with E-state index in [2.05, 4.69) is 5.32 Å². The number of Topliss-reactive ketones (excluding diaryl/α,β-unsaturated/α-hetero) is 1. The smallest absolute Gasteiger partial charge is 0.422 e. The van der Waals surface area contributed by atoms with Crippen molar-refractivity contribution in [2.75, 3.05) is 6.61 Å². The maximum absolute atomic E-state index is 12.3. The zero-order chi connectivity index (χ0) is 17.4. The quantitative estimate of drug-likeness (QED) is 0.864. The number of amides is 1. The highest BCUT2D eigenvalue weighted by Crippen LogP contribution is 2.33. The summed E-state index contributed by atoms with van der Waals surface area (Å²) in [4.78, 5) is 24.3. The average Bonchev–Trinajstić information content (AvgIpc) is 2.69. The topological polar surface area (TPSA) is 55.4 Å². The molecule has 1 saturated heterocycles. The number of alkyl halides is 3. The number of aryl methyl sites for hydroxylation is 2. The van der Waals surface area contributed by atoms with Crippen molar-refractivity contribution in [1.29, 1.82) is 0 Å². The Morgan fingerprint density at radius 2 is 1.91 bits per heavy atom. The summed E-state index contributed by atoms with van der Waals surface area (Å²) in [6.07, 6.45) is -3.94. The summed E-state index contributed by atoms with van der Waals surface area (Å²) in [6, 6.07) is 2.35. The number of halogens is 3. The molecule has 0 aromatic heterocycles.